The van der Waals surface area contributed by atoms with Crippen LogP contribution in [0.15, 0.2) is 42.5 Å². The molecular weight excluding hydrogens is 398 g/mol. The van der Waals surface area contributed by atoms with Crippen LogP contribution >= 0.6 is 11.6 Å². The van der Waals surface area contributed by atoms with Gasteiger partial charge in [0.1, 0.15) is 0 Å². The molecule has 0 bridgehead atoms. The molecule has 158 valence electrons. The van der Waals surface area contributed by atoms with E-state index in [1.807, 2.05) is 55.1 Å². The van der Waals surface area contributed by atoms with E-state index >= 15 is 0 Å². The SMILES string of the molecule is Cc1ccc(NC(=O)CCN2CC3CN(C(=O)c4ccccc4C)CC3C2)cc1Cl. The molecule has 2 heterocycles. The molecule has 1 N–H and O–H groups in total. The van der Waals surface area contributed by atoms with Gasteiger partial charge in [0.25, 0.3) is 5.91 Å². The monoisotopic (exact) mass is 425 g/mol. The minimum absolute atomic E-state index is 0.00309. The van der Waals surface area contributed by atoms with Crippen molar-refractivity contribution in [1.29, 1.82) is 0 Å². The maximum absolute atomic E-state index is 12.9. The lowest BCUT2D eigenvalue weighted by Crippen LogP contribution is -2.34. The molecule has 2 aliphatic rings. The van der Waals surface area contributed by atoms with Crippen LogP contribution in [-0.2, 0) is 4.79 Å². The van der Waals surface area contributed by atoms with Gasteiger partial charge in [-0.05, 0) is 55.0 Å². The Balaban J connectivity index is 1.24. The van der Waals surface area contributed by atoms with Gasteiger partial charge in [-0.3, -0.25) is 9.59 Å². The number of nitrogens with one attached hydrogen (secondary N) is 1. The van der Waals surface area contributed by atoms with E-state index in [1.165, 1.54) is 0 Å². The summed E-state index contributed by atoms with van der Waals surface area (Å²) in [6.45, 7) is 8.18. The van der Waals surface area contributed by atoms with E-state index < -0.39 is 0 Å². The molecule has 2 aromatic rings. The van der Waals surface area contributed by atoms with E-state index in [0.717, 1.165) is 55.1 Å². The average molecular weight is 426 g/mol. The van der Waals surface area contributed by atoms with Crippen molar-refractivity contribution in [2.75, 3.05) is 38.0 Å². The molecule has 2 amide bonds. The number of amides is 2. The predicted octanol–water partition coefficient (Wildman–Crippen LogP) is 3.99. The molecule has 2 unspecified atom stereocenters. The molecule has 0 radical (unpaired) electrons. The van der Waals surface area contributed by atoms with Gasteiger partial charge in [-0.2, -0.15) is 0 Å². The van der Waals surface area contributed by atoms with Crippen molar-refractivity contribution in [3.63, 3.8) is 0 Å². The zero-order valence-corrected chi connectivity index (χ0v) is 18.3. The summed E-state index contributed by atoms with van der Waals surface area (Å²) < 4.78 is 0. The summed E-state index contributed by atoms with van der Waals surface area (Å²) in [7, 11) is 0. The average Bonchev–Trinajstić information content (AvgIpc) is 3.28. The number of aryl methyl sites for hydroxylation is 2. The predicted molar refractivity (Wildman–Crippen MR) is 120 cm³/mol. The molecular formula is C24H28ClN3O2. The number of likely N-dealkylation sites (tertiary alicyclic amines) is 2. The molecule has 30 heavy (non-hydrogen) atoms. The summed E-state index contributed by atoms with van der Waals surface area (Å²) in [6, 6.07) is 13.4. The molecule has 4 rings (SSSR count). The largest absolute Gasteiger partial charge is 0.338 e. The molecule has 0 spiro atoms. The Morgan fingerprint density at radius 2 is 1.70 bits per heavy atom. The molecule has 2 fully saturated rings. The van der Waals surface area contributed by atoms with Crippen LogP contribution in [-0.4, -0.2) is 54.3 Å². The number of hydrogen-bond acceptors (Lipinski definition) is 3. The molecule has 2 atom stereocenters. The van der Waals surface area contributed by atoms with E-state index in [1.54, 1.807) is 6.07 Å². The summed E-state index contributed by atoms with van der Waals surface area (Å²) >= 11 is 6.13. The van der Waals surface area contributed by atoms with Crippen LogP contribution in [0.1, 0.15) is 27.9 Å². The Kier molecular flexibility index (Phi) is 6.11. The van der Waals surface area contributed by atoms with Gasteiger partial charge >= 0.3 is 0 Å². The summed E-state index contributed by atoms with van der Waals surface area (Å²) in [5, 5.41) is 3.58. The first-order chi connectivity index (χ1) is 14.4. The second-order valence-electron chi connectivity index (χ2n) is 8.57. The lowest BCUT2D eigenvalue weighted by molar-refractivity contribution is -0.116. The van der Waals surface area contributed by atoms with Crippen molar-refractivity contribution in [3.05, 3.63) is 64.2 Å². The molecule has 0 saturated carbocycles. The highest BCUT2D eigenvalue weighted by atomic mass is 35.5. The van der Waals surface area contributed by atoms with Crippen molar-refractivity contribution in [3.8, 4) is 0 Å². The highest BCUT2D eigenvalue weighted by Crippen LogP contribution is 2.32. The summed E-state index contributed by atoms with van der Waals surface area (Å²) in [4.78, 5) is 29.5. The number of fused-ring (bicyclic) bond motifs is 1. The highest BCUT2D eigenvalue weighted by Gasteiger charge is 2.41. The maximum Gasteiger partial charge on any atom is 0.254 e. The fourth-order valence-corrected chi connectivity index (χ4v) is 4.76. The molecule has 6 heteroatoms. The number of rotatable bonds is 5. The second kappa shape index (κ2) is 8.78. The van der Waals surface area contributed by atoms with Gasteiger partial charge in [-0.1, -0.05) is 35.9 Å². The molecule has 0 aromatic heterocycles. The van der Waals surface area contributed by atoms with Gasteiger partial charge in [0.15, 0.2) is 0 Å². The third kappa shape index (κ3) is 4.52. The first kappa shape index (κ1) is 20.9. The lowest BCUT2D eigenvalue weighted by atomic mass is 10.0. The zero-order chi connectivity index (χ0) is 21.3. The quantitative estimate of drug-likeness (QED) is 0.788. The van der Waals surface area contributed by atoms with Crippen LogP contribution in [0.3, 0.4) is 0 Å². The van der Waals surface area contributed by atoms with E-state index in [-0.39, 0.29) is 11.8 Å². The number of halogens is 1. The standard InChI is InChI=1S/C24H28ClN3O2/c1-16-5-3-4-6-21(16)24(30)28-14-18-12-27(13-19(18)15-28)10-9-23(29)26-20-8-7-17(2)22(25)11-20/h3-8,11,18-19H,9-10,12-15H2,1-2H3,(H,26,29). The Morgan fingerprint density at radius 3 is 2.37 bits per heavy atom. The Morgan fingerprint density at radius 1 is 1.00 bits per heavy atom. The van der Waals surface area contributed by atoms with Gasteiger partial charge in [0.2, 0.25) is 5.91 Å². The number of anilines is 1. The third-order valence-corrected chi connectivity index (χ3v) is 6.74. The van der Waals surface area contributed by atoms with Gasteiger partial charge in [-0.15, -0.1) is 0 Å². The minimum Gasteiger partial charge on any atom is -0.338 e. The Hall–Kier alpha value is -2.37. The summed E-state index contributed by atoms with van der Waals surface area (Å²) in [5.41, 5.74) is 3.57. The smallest absolute Gasteiger partial charge is 0.254 e. The lowest BCUT2D eigenvalue weighted by Gasteiger charge is -2.22. The van der Waals surface area contributed by atoms with E-state index in [2.05, 4.69) is 10.2 Å². The normalized spacial score (nSPS) is 21.0. The summed E-state index contributed by atoms with van der Waals surface area (Å²) in [6.07, 6.45) is 0.455. The summed E-state index contributed by atoms with van der Waals surface area (Å²) in [5.74, 6) is 1.14. The first-order valence-corrected chi connectivity index (χ1v) is 10.9. The van der Waals surface area contributed by atoms with Crippen molar-refractivity contribution in [1.82, 2.24) is 9.80 Å². The highest BCUT2D eigenvalue weighted by molar-refractivity contribution is 6.31. The maximum atomic E-state index is 12.9. The van der Waals surface area contributed by atoms with Crippen LogP contribution in [0, 0.1) is 25.7 Å². The molecule has 5 nitrogen and oxygen atoms in total. The zero-order valence-electron chi connectivity index (χ0n) is 17.5. The van der Waals surface area contributed by atoms with Crippen LogP contribution in [0.25, 0.3) is 0 Å². The number of hydrogen-bond donors (Lipinski definition) is 1. The minimum atomic E-state index is 0.00309. The first-order valence-electron chi connectivity index (χ1n) is 10.5. The van der Waals surface area contributed by atoms with E-state index in [0.29, 0.717) is 23.3 Å². The topological polar surface area (TPSA) is 52.7 Å². The van der Waals surface area contributed by atoms with Gasteiger partial charge in [0.05, 0.1) is 0 Å². The number of carbonyl (C=O) groups excluding carboxylic acids is 2. The second-order valence-corrected chi connectivity index (χ2v) is 8.97. The van der Waals surface area contributed by atoms with E-state index in [9.17, 15) is 9.59 Å². The Labute approximate surface area is 183 Å². The number of nitrogens with zero attached hydrogens (tertiary/aromatic N) is 2. The molecule has 0 aliphatic carbocycles. The Bertz CT molecular complexity index is 947. The number of carbonyl (C=O) groups is 2. The van der Waals surface area contributed by atoms with Crippen LogP contribution in [0.4, 0.5) is 5.69 Å². The third-order valence-electron chi connectivity index (χ3n) is 6.34. The van der Waals surface area contributed by atoms with Crippen molar-refractivity contribution in [2.24, 2.45) is 11.8 Å². The van der Waals surface area contributed by atoms with Crippen LogP contribution < -0.4 is 5.32 Å². The van der Waals surface area contributed by atoms with Crippen molar-refractivity contribution < 1.29 is 9.59 Å². The van der Waals surface area contributed by atoms with Gasteiger partial charge in [-0.25, -0.2) is 0 Å². The van der Waals surface area contributed by atoms with Crippen molar-refractivity contribution in [2.45, 2.75) is 20.3 Å². The fraction of sp³-hybridized carbons (Fsp3) is 0.417. The molecule has 2 aliphatic heterocycles. The van der Waals surface area contributed by atoms with E-state index in [4.69, 9.17) is 11.6 Å². The fourth-order valence-electron chi connectivity index (χ4n) is 4.58. The van der Waals surface area contributed by atoms with Crippen LogP contribution in [0.2, 0.25) is 5.02 Å². The van der Waals surface area contributed by atoms with Crippen LogP contribution in [0.5, 0.6) is 0 Å². The molecule has 2 saturated heterocycles. The molecule has 2 aromatic carbocycles. The van der Waals surface area contributed by atoms with Gasteiger partial charge in [0, 0.05) is 55.4 Å². The number of benzene rings is 2. The van der Waals surface area contributed by atoms with Gasteiger partial charge < -0.3 is 15.1 Å². The van der Waals surface area contributed by atoms with Crippen molar-refractivity contribution >= 4 is 29.1 Å².